The van der Waals surface area contributed by atoms with Gasteiger partial charge in [0.1, 0.15) is 0 Å². The molecule has 1 aliphatic carbocycles. The Morgan fingerprint density at radius 1 is 0.810 bits per heavy atom. The van der Waals surface area contributed by atoms with E-state index in [4.69, 9.17) is 0 Å². The molecule has 1 fully saturated rings. The number of benzene rings is 1. The van der Waals surface area contributed by atoms with E-state index in [2.05, 4.69) is 58.5 Å². The predicted octanol–water partition coefficient (Wildman–Crippen LogP) is 4.79. The summed E-state index contributed by atoms with van der Waals surface area (Å²) in [5.74, 6) is 1.05. The van der Waals surface area contributed by atoms with Crippen molar-refractivity contribution in [2.45, 2.75) is 31.1 Å². The zero-order valence-corrected chi connectivity index (χ0v) is 12.0. The van der Waals surface area contributed by atoms with Crippen LogP contribution >= 0.6 is 0 Å². The van der Waals surface area contributed by atoms with Crippen molar-refractivity contribution in [2.24, 2.45) is 0 Å². The maximum atomic E-state index is 3.36. The second kappa shape index (κ2) is 5.28. The second-order valence-corrected chi connectivity index (χ2v) is 5.98. The summed E-state index contributed by atoms with van der Waals surface area (Å²) >= 11 is 0. The Kier molecular flexibility index (Phi) is 3.15. The summed E-state index contributed by atoms with van der Waals surface area (Å²) in [5, 5.41) is 0. The summed E-state index contributed by atoms with van der Waals surface area (Å²) in [5.41, 5.74) is 5.30. The van der Waals surface area contributed by atoms with Crippen LogP contribution in [-0.4, -0.2) is 9.97 Å². The van der Waals surface area contributed by atoms with E-state index in [-0.39, 0.29) is 5.92 Å². The van der Waals surface area contributed by atoms with Gasteiger partial charge in [0.15, 0.2) is 0 Å². The van der Waals surface area contributed by atoms with E-state index in [9.17, 15) is 0 Å². The van der Waals surface area contributed by atoms with Crippen molar-refractivity contribution in [3.63, 3.8) is 0 Å². The fourth-order valence-corrected chi connectivity index (χ4v) is 3.28. The van der Waals surface area contributed by atoms with Gasteiger partial charge in [0.05, 0.1) is 5.92 Å². The van der Waals surface area contributed by atoms with Crippen LogP contribution in [0.4, 0.5) is 0 Å². The lowest BCUT2D eigenvalue weighted by Gasteiger charge is -2.26. The van der Waals surface area contributed by atoms with Crippen LogP contribution in [0.5, 0.6) is 0 Å². The average Bonchev–Trinajstić information content (AvgIpc) is 3.13. The molecule has 0 radical (unpaired) electrons. The van der Waals surface area contributed by atoms with Gasteiger partial charge in [-0.2, -0.15) is 0 Å². The minimum Gasteiger partial charge on any atom is -0.364 e. The highest BCUT2D eigenvalue weighted by Gasteiger charge is 2.21. The monoisotopic (exact) mass is 276 g/mol. The van der Waals surface area contributed by atoms with Crippen molar-refractivity contribution in [1.82, 2.24) is 9.97 Å². The first-order valence-electron chi connectivity index (χ1n) is 7.78. The van der Waals surface area contributed by atoms with Gasteiger partial charge in [0, 0.05) is 23.8 Å². The smallest absolute Gasteiger partial charge is 0.0641 e. The molecule has 0 unspecified atom stereocenters. The standard InChI is InChI=1S/C19H20N2/c1-4-14(5-1)15-8-10-16(11-9-15)19(17-6-2-12-20-17)18-7-3-13-21-18/h2-3,6-14,19-21H,1,4-5H2. The number of hydrogen-bond acceptors (Lipinski definition) is 0. The van der Waals surface area contributed by atoms with Crippen molar-refractivity contribution in [3.05, 3.63) is 83.4 Å². The Labute approximate surface area is 125 Å². The molecule has 106 valence electrons. The highest BCUT2D eigenvalue weighted by molar-refractivity contribution is 5.39. The topological polar surface area (TPSA) is 31.6 Å². The summed E-state index contributed by atoms with van der Waals surface area (Å²) in [6.07, 6.45) is 8.09. The van der Waals surface area contributed by atoms with Crippen LogP contribution in [0.2, 0.25) is 0 Å². The largest absolute Gasteiger partial charge is 0.364 e. The lowest BCUT2D eigenvalue weighted by Crippen LogP contribution is -2.09. The molecule has 2 aromatic heterocycles. The van der Waals surface area contributed by atoms with Crippen LogP contribution in [0.15, 0.2) is 60.9 Å². The van der Waals surface area contributed by atoms with Gasteiger partial charge in [-0.15, -0.1) is 0 Å². The first kappa shape index (κ1) is 12.5. The van der Waals surface area contributed by atoms with Crippen LogP contribution in [0.25, 0.3) is 0 Å². The third-order valence-corrected chi connectivity index (χ3v) is 4.71. The molecule has 0 aliphatic heterocycles. The molecule has 3 aromatic rings. The average molecular weight is 276 g/mol. The molecule has 1 aliphatic rings. The molecular formula is C19H20N2. The van der Waals surface area contributed by atoms with Gasteiger partial charge in [-0.3, -0.25) is 0 Å². The van der Waals surface area contributed by atoms with Gasteiger partial charge in [-0.25, -0.2) is 0 Å². The third kappa shape index (κ3) is 2.31. The van der Waals surface area contributed by atoms with Gasteiger partial charge in [0.2, 0.25) is 0 Å². The molecule has 2 N–H and O–H groups in total. The number of aromatic nitrogens is 2. The minimum absolute atomic E-state index is 0.255. The number of hydrogen-bond donors (Lipinski definition) is 2. The lowest BCUT2D eigenvalue weighted by atomic mass is 9.79. The van der Waals surface area contributed by atoms with E-state index in [1.807, 2.05) is 12.4 Å². The zero-order valence-electron chi connectivity index (χ0n) is 12.0. The summed E-state index contributed by atoms with van der Waals surface area (Å²) in [4.78, 5) is 6.73. The molecule has 1 saturated carbocycles. The Balaban J connectivity index is 1.70. The Morgan fingerprint density at radius 3 is 1.86 bits per heavy atom. The summed E-state index contributed by atoms with van der Waals surface area (Å²) in [7, 11) is 0. The van der Waals surface area contributed by atoms with Crippen LogP contribution in [0.1, 0.15) is 53.6 Å². The number of rotatable bonds is 4. The van der Waals surface area contributed by atoms with E-state index >= 15 is 0 Å². The number of nitrogens with one attached hydrogen (secondary N) is 2. The van der Waals surface area contributed by atoms with Crippen molar-refractivity contribution >= 4 is 0 Å². The first-order chi connectivity index (χ1) is 10.4. The van der Waals surface area contributed by atoms with Crippen molar-refractivity contribution in [2.75, 3.05) is 0 Å². The van der Waals surface area contributed by atoms with Gasteiger partial charge in [0.25, 0.3) is 0 Å². The molecule has 2 nitrogen and oxygen atoms in total. The van der Waals surface area contributed by atoms with Crippen LogP contribution in [0, 0.1) is 0 Å². The fourth-order valence-electron chi connectivity index (χ4n) is 3.28. The SMILES string of the molecule is c1c[nH]c(C(c2ccc(C3CCC3)cc2)c2ccc[nH]2)c1. The summed E-state index contributed by atoms with van der Waals surface area (Å²) in [6.45, 7) is 0. The minimum atomic E-state index is 0.255. The molecule has 0 saturated heterocycles. The molecule has 0 spiro atoms. The third-order valence-electron chi connectivity index (χ3n) is 4.71. The lowest BCUT2D eigenvalue weighted by molar-refractivity contribution is 0.419. The molecule has 4 rings (SSSR count). The Hall–Kier alpha value is -2.22. The van der Waals surface area contributed by atoms with E-state index < -0.39 is 0 Å². The molecule has 1 aromatic carbocycles. The molecule has 2 heteroatoms. The maximum absolute atomic E-state index is 3.36. The van der Waals surface area contributed by atoms with E-state index in [0.29, 0.717) is 0 Å². The molecular weight excluding hydrogens is 256 g/mol. The summed E-state index contributed by atoms with van der Waals surface area (Å²) in [6, 6.07) is 17.7. The van der Waals surface area contributed by atoms with Crippen molar-refractivity contribution in [1.29, 1.82) is 0 Å². The van der Waals surface area contributed by atoms with E-state index in [1.165, 1.54) is 41.8 Å². The van der Waals surface area contributed by atoms with Crippen LogP contribution < -0.4 is 0 Å². The van der Waals surface area contributed by atoms with Crippen LogP contribution in [-0.2, 0) is 0 Å². The van der Waals surface area contributed by atoms with E-state index in [0.717, 1.165) is 5.92 Å². The normalized spacial score (nSPS) is 15.3. The van der Waals surface area contributed by atoms with Gasteiger partial charge < -0.3 is 9.97 Å². The first-order valence-corrected chi connectivity index (χ1v) is 7.78. The van der Waals surface area contributed by atoms with Crippen molar-refractivity contribution in [3.8, 4) is 0 Å². The molecule has 0 atom stereocenters. The van der Waals surface area contributed by atoms with Gasteiger partial charge in [-0.05, 0) is 54.2 Å². The quantitative estimate of drug-likeness (QED) is 0.686. The fraction of sp³-hybridized carbons (Fsp3) is 0.263. The molecule has 2 heterocycles. The number of aromatic amines is 2. The van der Waals surface area contributed by atoms with Gasteiger partial charge >= 0.3 is 0 Å². The number of H-pyrrole nitrogens is 2. The summed E-state index contributed by atoms with van der Waals surface area (Å²) < 4.78 is 0. The predicted molar refractivity (Wildman–Crippen MR) is 85.6 cm³/mol. The highest BCUT2D eigenvalue weighted by atomic mass is 14.7. The Bertz CT molecular complexity index is 640. The van der Waals surface area contributed by atoms with Gasteiger partial charge in [-0.1, -0.05) is 30.7 Å². The van der Waals surface area contributed by atoms with Crippen LogP contribution in [0.3, 0.4) is 0 Å². The maximum Gasteiger partial charge on any atom is 0.0641 e. The van der Waals surface area contributed by atoms with Crippen molar-refractivity contribution < 1.29 is 0 Å². The molecule has 21 heavy (non-hydrogen) atoms. The Morgan fingerprint density at radius 2 is 1.43 bits per heavy atom. The molecule has 0 amide bonds. The molecule has 0 bridgehead atoms. The zero-order chi connectivity index (χ0) is 14.1. The van der Waals surface area contributed by atoms with E-state index in [1.54, 1.807) is 0 Å². The second-order valence-electron chi connectivity index (χ2n) is 5.98. The highest BCUT2D eigenvalue weighted by Crippen LogP contribution is 2.37.